The summed E-state index contributed by atoms with van der Waals surface area (Å²) in [7, 11) is 0. The minimum absolute atomic E-state index is 0.0305. The van der Waals surface area contributed by atoms with E-state index in [4.69, 9.17) is 0 Å². The summed E-state index contributed by atoms with van der Waals surface area (Å²) < 4.78 is 1.51. The van der Waals surface area contributed by atoms with Gasteiger partial charge in [0.2, 0.25) is 5.82 Å². The van der Waals surface area contributed by atoms with Gasteiger partial charge in [0, 0.05) is 11.9 Å². The fourth-order valence-corrected chi connectivity index (χ4v) is 2.79. The minimum Gasteiger partial charge on any atom is -0.384 e. The first-order chi connectivity index (χ1) is 10.5. The van der Waals surface area contributed by atoms with E-state index in [2.05, 4.69) is 20.4 Å². The zero-order valence-electron chi connectivity index (χ0n) is 12.1. The molecule has 0 aliphatic heterocycles. The fraction of sp³-hybridized carbons (Fsp3) is 0.286. The SMILES string of the molecule is Cc1ccnc2nc(C(=O)NC[C@@](C)(O)c3ccsc3)nn12. The smallest absolute Gasteiger partial charge is 0.291 e. The molecule has 0 saturated heterocycles. The Balaban J connectivity index is 1.75. The van der Waals surface area contributed by atoms with E-state index in [1.54, 1.807) is 19.2 Å². The number of nitrogens with zero attached hydrogens (tertiary/aromatic N) is 4. The Morgan fingerprint density at radius 1 is 1.50 bits per heavy atom. The molecule has 1 amide bonds. The van der Waals surface area contributed by atoms with Gasteiger partial charge >= 0.3 is 0 Å². The number of carbonyl (C=O) groups is 1. The van der Waals surface area contributed by atoms with Gasteiger partial charge in [0.25, 0.3) is 11.7 Å². The van der Waals surface area contributed by atoms with Crippen LogP contribution in [-0.2, 0) is 5.60 Å². The summed E-state index contributed by atoms with van der Waals surface area (Å²) in [6.45, 7) is 3.58. The average molecular weight is 317 g/mol. The van der Waals surface area contributed by atoms with Gasteiger partial charge in [0.05, 0.1) is 6.54 Å². The maximum Gasteiger partial charge on any atom is 0.291 e. The molecule has 114 valence electrons. The first kappa shape index (κ1) is 14.6. The molecule has 0 aliphatic carbocycles. The number of aryl methyl sites for hydroxylation is 1. The van der Waals surface area contributed by atoms with E-state index in [-0.39, 0.29) is 12.4 Å². The van der Waals surface area contributed by atoms with E-state index in [1.165, 1.54) is 15.9 Å². The van der Waals surface area contributed by atoms with Crippen LogP contribution in [0.2, 0.25) is 0 Å². The maximum atomic E-state index is 12.2. The van der Waals surface area contributed by atoms with Crippen molar-refractivity contribution in [1.29, 1.82) is 0 Å². The Labute approximate surface area is 130 Å². The number of amides is 1. The third-order valence-electron chi connectivity index (χ3n) is 3.37. The van der Waals surface area contributed by atoms with E-state index < -0.39 is 11.5 Å². The standard InChI is InChI=1S/C14H15N5O2S/c1-9-3-5-15-13-17-11(18-19(9)13)12(20)16-8-14(2,21)10-4-6-22-7-10/h3-7,21H,8H2,1-2H3,(H,16,20)/t14-/m1/s1. The lowest BCUT2D eigenvalue weighted by atomic mass is 9.99. The Bertz CT molecular complexity index is 810. The van der Waals surface area contributed by atoms with Crippen molar-refractivity contribution in [2.24, 2.45) is 0 Å². The van der Waals surface area contributed by atoms with Crippen molar-refractivity contribution in [3.8, 4) is 0 Å². The zero-order valence-corrected chi connectivity index (χ0v) is 13.0. The molecule has 1 atom stereocenters. The molecule has 0 saturated carbocycles. The summed E-state index contributed by atoms with van der Waals surface area (Å²) >= 11 is 1.49. The van der Waals surface area contributed by atoms with Crippen molar-refractivity contribution in [2.75, 3.05) is 6.54 Å². The first-order valence-electron chi connectivity index (χ1n) is 6.69. The molecule has 0 aliphatic rings. The molecule has 0 radical (unpaired) electrons. The predicted molar refractivity (Wildman–Crippen MR) is 81.7 cm³/mol. The monoisotopic (exact) mass is 317 g/mol. The second-order valence-electron chi connectivity index (χ2n) is 5.20. The summed E-state index contributed by atoms with van der Waals surface area (Å²) in [5.41, 5.74) is 0.461. The minimum atomic E-state index is -1.14. The van der Waals surface area contributed by atoms with Gasteiger partial charge in [-0.05, 0) is 42.3 Å². The van der Waals surface area contributed by atoms with Gasteiger partial charge in [-0.25, -0.2) is 9.50 Å². The molecule has 0 fully saturated rings. The van der Waals surface area contributed by atoms with Crippen molar-refractivity contribution in [3.63, 3.8) is 0 Å². The van der Waals surface area contributed by atoms with Crippen LogP contribution in [0.1, 0.15) is 28.8 Å². The molecular formula is C14H15N5O2S. The van der Waals surface area contributed by atoms with Gasteiger partial charge in [0.15, 0.2) is 0 Å². The van der Waals surface area contributed by atoms with Crippen LogP contribution < -0.4 is 5.32 Å². The number of aromatic nitrogens is 4. The summed E-state index contributed by atoms with van der Waals surface area (Å²) in [4.78, 5) is 20.3. The van der Waals surface area contributed by atoms with Crippen LogP contribution in [0.25, 0.3) is 5.78 Å². The Hall–Kier alpha value is -2.32. The Morgan fingerprint density at radius 2 is 2.32 bits per heavy atom. The van der Waals surface area contributed by atoms with Gasteiger partial charge in [-0.2, -0.15) is 16.3 Å². The normalized spacial score (nSPS) is 14.0. The largest absolute Gasteiger partial charge is 0.384 e. The fourth-order valence-electron chi connectivity index (χ4n) is 2.01. The van der Waals surface area contributed by atoms with Gasteiger partial charge in [-0.1, -0.05) is 0 Å². The van der Waals surface area contributed by atoms with Gasteiger partial charge in [0.1, 0.15) is 5.60 Å². The molecule has 3 rings (SSSR count). The molecule has 0 unspecified atom stereocenters. The van der Waals surface area contributed by atoms with Crippen molar-refractivity contribution < 1.29 is 9.90 Å². The molecule has 3 aromatic rings. The molecule has 3 aromatic heterocycles. The number of thiophene rings is 1. The van der Waals surface area contributed by atoms with Crippen molar-refractivity contribution in [2.45, 2.75) is 19.4 Å². The maximum absolute atomic E-state index is 12.2. The quantitative estimate of drug-likeness (QED) is 0.752. The van der Waals surface area contributed by atoms with Crippen LogP contribution in [0.4, 0.5) is 0 Å². The number of carbonyl (C=O) groups excluding carboxylic acids is 1. The van der Waals surface area contributed by atoms with Gasteiger partial charge < -0.3 is 10.4 Å². The average Bonchev–Trinajstić information content (AvgIpc) is 3.14. The number of rotatable bonds is 4. The highest BCUT2D eigenvalue weighted by Crippen LogP contribution is 2.22. The van der Waals surface area contributed by atoms with E-state index in [9.17, 15) is 9.90 Å². The van der Waals surface area contributed by atoms with Crippen LogP contribution >= 0.6 is 11.3 Å². The van der Waals surface area contributed by atoms with Crippen LogP contribution in [0.5, 0.6) is 0 Å². The summed E-state index contributed by atoms with van der Waals surface area (Å²) in [6, 6.07) is 3.61. The highest BCUT2D eigenvalue weighted by molar-refractivity contribution is 7.08. The molecule has 0 aromatic carbocycles. The number of nitrogens with one attached hydrogen (secondary N) is 1. The molecule has 3 heterocycles. The summed E-state index contributed by atoms with van der Waals surface area (Å²) in [5.74, 6) is -0.0435. The lowest BCUT2D eigenvalue weighted by molar-refractivity contribution is 0.0527. The lowest BCUT2D eigenvalue weighted by Crippen LogP contribution is -2.38. The predicted octanol–water partition coefficient (Wildman–Crippen LogP) is 1.13. The van der Waals surface area contributed by atoms with Crippen LogP contribution in [0, 0.1) is 6.92 Å². The second-order valence-corrected chi connectivity index (χ2v) is 5.98. The zero-order chi connectivity index (χ0) is 15.7. The molecule has 0 spiro atoms. The molecule has 7 nitrogen and oxygen atoms in total. The van der Waals surface area contributed by atoms with Crippen LogP contribution in [0.3, 0.4) is 0 Å². The summed E-state index contributed by atoms with van der Waals surface area (Å²) in [6.07, 6.45) is 1.61. The number of hydrogen-bond donors (Lipinski definition) is 2. The van der Waals surface area contributed by atoms with Crippen LogP contribution in [-0.4, -0.2) is 37.1 Å². The van der Waals surface area contributed by atoms with E-state index >= 15 is 0 Å². The van der Waals surface area contributed by atoms with E-state index in [0.717, 1.165) is 11.3 Å². The third-order valence-corrected chi connectivity index (χ3v) is 4.05. The number of aliphatic hydroxyl groups is 1. The Morgan fingerprint density at radius 3 is 3.00 bits per heavy atom. The summed E-state index contributed by atoms with van der Waals surface area (Å²) in [5, 5.41) is 20.9. The Kier molecular flexibility index (Phi) is 3.63. The molecule has 8 heteroatoms. The number of hydrogen-bond acceptors (Lipinski definition) is 6. The lowest BCUT2D eigenvalue weighted by Gasteiger charge is -2.22. The molecule has 2 N–H and O–H groups in total. The highest BCUT2D eigenvalue weighted by atomic mass is 32.1. The van der Waals surface area contributed by atoms with Crippen molar-refractivity contribution >= 4 is 23.0 Å². The van der Waals surface area contributed by atoms with Gasteiger partial charge in [-0.15, -0.1) is 5.10 Å². The van der Waals surface area contributed by atoms with Crippen molar-refractivity contribution in [1.82, 2.24) is 24.9 Å². The van der Waals surface area contributed by atoms with Crippen LogP contribution in [0.15, 0.2) is 29.1 Å². The molecular weight excluding hydrogens is 302 g/mol. The first-order valence-corrected chi connectivity index (χ1v) is 7.63. The highest BCUT2D eigenvalue weighted by Gasteiger charge is 2.25. The van der Waals surface area contributed by atoms with Gasteiger partial charge in [-0.3, -0.25) is 4.79 Å². The molecule has 22 heavy (non-hydrogen) atoms. The molecule has 0 bridgehead atoms. The van der Waals surface area contributed by atoms with E-state index in [1.807, 2.05) is 23.8 Å². The van der Waals surface area contributed by atoms with Crippen molar-refractivity contribution in [3.05, 3.63) is 46.2 Å². The second kappa shape index (κ2) is 5.47. The third kappa shape index (κ3) is 2.70. The topological polar surface area (TPSA) is 92.4 Å². The number of fused-ring (bicyclic) bond motifs is 1. The van der Waals surface area contributed by atoms with E-state index in [0.29, 0.717) is 5.78 Å².